The van der Waals surface area contributed by atoms with E-state index in [9.17, 15) is 0 Å². The first-order valence-corrected chi connectivity index (χ1v) is 6.39. The van der Waals surface area contributed by atoms with E-state index in [-0.39, 0.29) is 0 Å². The Hall–Kier alpha value is -1.20. The summed E-state index contributed by atoms with van der Waals surface area (Å²) in [7, 11) is 0. The molecule has 5 heteroatoms. The monoisotopic (exact) mass is 250 g/mol. The van der Waals surface area contributed by atoms with Crippen LogP contribution in [0.15, 0.2) is 18.3 Å². The zero-order valence-corrected chi connectivity index (χ0v) is 10.7. The molecule has 0 radical (unpaired) electrons. The van der Waals surface area contributed by atoms with Crippen molar-refractivity contribution in [3.05, 3.63) is 23.9 Å². The maximum Gasteiger partial charge on any atom is 0.136 e. The fraction of sp³-hybridized carbons (Fsp3) is 0.500. The second kappa shape index (κ2) is 5.93. The van der Waals surface area contributed by atoms with E-state index >= 15 is 0 Å². The third-order valence-electron chi connectivity index (χ3n) is 2.99. The van der Waals surface area contributed by atoms with Gasteiger partial charge in [0.05, 0.1) is 5.56 Å². The topological polar surface area (TPSA) is 54.2 Å². The van der Waals surface area contributed by atoms with Crippen molar-refractivity contribution in [3.8, 4) is 0 Å². The van der Waals surface area contributed by atoms with Gasteiger partial charge < -0.3 is 16.0 Å². The fourth-order valence-corrected chi connectivity index (χ4v) is 2.25. The van der Waals surface area contributed by atoms with Crippen molar-refractivity contribution in [2.45, 2.75) is 12.8 Å². The Morgan fingerprint density at radius 1 is 1.47 bits per heavy atom. The van der Waals surface area contributed by atoms with Gasteiger partial charge in [0, 0.05) is 19.3 Å². The van der Waals surface area contributed by atoms with E-state index in [0.29, 0.717) is 4.99 Å². The zero-order chi connectivity index (χ0) is 12.1. The van der Waals surface area contributed by atoms with Gasteiger partial charge >= 0.3 is 0 Å². The summed E-state index contributed by atoms with van der Waals surface area (Å²) in [5.41, 5.74) is 6.47. The Bertz CT molecular complexity index is 388. The van der Waals surface area contributed by atoms with Crippen molar-refractivity contribution in [3.63, 3.8) is 0 Å². The highest BCUT2D eigenvalue weighted by Crippen LogP contribution is 2.11. The van der Waals surface area contributed by atoms with Crippen molar-refractivity contribution in [2.75, 3.05) is 31.5 Å². The number of nitrogens with one attached hydrogen (secondary N) is 1. The molecule has 0 unspecified atom stereocenters. The van der Waals surface area contributed by atoms with Crippen LogP contribution in [0.2, 0.25) is 0 Å². The van der Waals surface area contributed by atoms with E-state index in [4.69, 9.17) is 18.0 Å². The molecule has 0 atom stereocenters. The summed E-state index contributed by atoms with van der Waals surface area (Å²) in [5.74, 6) is 0.791. The van der Waals surface area contributed by atoms with E-state index < -0.39 is 0 Å². The first-order chi connectivity index (χ1) is 8.27. The van der Waals surface area contributed by atoms with Crippen LogP contribution in [0.5, 0.6) is 0 Å². The van der Waals surface area contributed by atoms with Crippen LogP contribution >= 0.6 is 12.2 Å². The number of aromatic nitrogens is 1. The molecule has 0 aliphatic carbocycles. The van der Waals surface area contributed by atoms with Crippen LogP contribution in [-0.4, -0.2) is 41.1 Å². The molecule has 0 bridgehead atoms. The minimum Gasteiger partial charge on any atom is -0.389 e. The third kappa shape index (κ3) is 3.38. The predicted octanol–water partition coefficient (Wildman–Crippen LogP) is 1.22. The van der Waals surface area contributed by atoms with Crippen LogP contribution < -0.4 is 11.1 Å². The molecule has 1 saturated heterocycles. The van der Waals surface area contributed by atoms with Crippen molar-refractivity contribution in [1.29, 1.82) is 0 Å². The molecule has 0 saturated carbocycles. The maximum absolute atomic E-state index is 5.65. The molecule has 4 nitrogen and oxygen atoms in total. The van der Waals surface area contributed by atoms with Crippen LogP contribution in [0, 0.1) is 0 Å². The molecular weight excluding hydrogens is 232 g/mol. The minimum absolute atomic E-state index is 0.391. The molecule has 0 spiro atoms. The third-order valence-corrected chi connectivity index (χ3v) is 3.21. The summed E-state index contributed by atoms with van der Waals surface area (Å²) in [5, 5.41) is 3.30. The Balaban J connectivity index is 1.87. The molecule has 1 aliphatic heterocycles. The number of likely N-dealkylation sites (tertiary alicyclic amines) is 1. The van der Waals surface area contributed by atoms with Gasteiger partial charge in [0.15, 0.2) is 0 Å². The lowest BCUT2D eigenvalue weighted by molar-refractivity contribution is 0.352. The molecule has 3 N–H and O–H groups in total. The molecular formula is C12H18N4S. The lowest BCUT2D eigenvalue weighted by Gasteiger charge is -2.16. The lowest BCUT2D eigenvalue weighted by atomic mass is 10.2. The molecule has 2 rings (SSSR count). The van der Waals surface area contributed by atoms with Gasteiger partial charge in [-0.3, -0.25) is 0 Å². The van der Waals surface area contributed by atoms with Crippen LogP contribution in [0.25, 0.3) is 0 Å². The Morgan fingerprint density at radius 2 is 2.24 bits per heavy atom. The second-order valence-corrected chi connectivity index (χ2v) is 4.68. The number of hydrogen-bond donors (Lipinski definition) is 2. The standard InChI is InChI=1S/C12H18N4S/c13-11(17)10-4-3-5-14-12(10)15-6-9-16-7-1-2-8-16/h3-5H,1-2,6-9H2,(H2,13,17)(H,14,15). The van der Waals surface area contributed by atoms with Gasteiger partial charge in [0.1, 0.15) is 10.8 Å². The number of nitrogens with zero attached hydrogens (tertiary/aromatic N) is 2. The second-order valence-electron chi connectivity index (χ2n) is 4.24. The summed E-state index contributed by atoms with van der Waals surface area (Å²) in [6, 6.07) is 3.74. The lowest BCUT2D eigenvalue weighted by Crippen LogP contribution is -2.26. The Kier molecular flexibility index (Phi) is 4.28. The zero-order valence-electron chi connectivity index (χ0n) is 9.85. The molecule has 1 aromatic rings. The maximum atomic E-state index is 5.65. The predicted molar refractivity (Wildman–Crippen MR) is 74.3 cm³/mol. The molecule has 1 aliphatic rings. The van der Waals surface area contributed by atoms with Crippen LogP contribution in [0.1, 0.15) is 18.4 Å². The normalized spacial score (nSPS) is 16.0. The number of nitrogens with two attached hydrogens (primary N) is 1. The molecule has 2 heterocycles. The number of thiocarbonyl (C=S) groups is 1. The van der Waals surface area contributed by atoms with Crippen molar-refractivity contribution < 1.29 is 0 Å². The van der Waals surface area contributed by atoms with Gasteiger partial charge in [-0.05, 0) is 38.1 Å². The van der Waals surface area contributed by atoms with Gasteiger partial charge in [0.2, 0.25) is 0 Å². The quantitative estimate of drug-likeness (QED) is 0.770. The molecule has 92 valence electrons. The number of hydrogen-bond acceptors (Lipinski definition) is 4. The van der Waals surface area contributed by atoms with Crippen LogP contribution in [-0.2, 0) is 0 Å². The average molecular weight is 250 g/mol. The SMILES string of the molecule is NC(=S)c1cccnc1NCCN1CCCC1. The highest BCUT2D eigenvalue weighted by molar-refractivity contribution is 7.80. The highest BCUT2D eigenvalue weighted by Gasteiger charge is 2.11. The van der Waals surface area contributed by atoms with Gasteiger partial charge in [-0.25, -0.2) is 4.98 Å². The molecule has 0 amide bonds. The summed E-state index contributed by atoms with van der Waals surface area (Å²) >= 11 is 4.99. The van der Waals surface area contributed by atoms with Crippen molar-refractivity contribution in [2.24, 2.45) is 5.73 Å². The van der Waals surface area contributed by atoms with E-state index in [1.807, 2.05) is 12.1 Å². The van der Waals surface area contributed by atoms with Crippen molar-refractivity contribution in [1.82, 2.24) is 9.88 Å². The van der Waals surface area contributed by atoms with Crippen molar-refractivity contribution >= 4 is 23.0 Å². The van der Waals surface area contributed by atoms with E-state index in [1.54, 1.807) is 6.20 Å². The molecule has 1 fully saturated rings. The number of anilines is 1. The molecule has 17 heavy (non-hydrogen) atoms. The van der Waals surface area contributed by atoms with Gasteiger partial charge in [-0.1, -0.05) is 12.2 Å². The average Bonchev–Trinajstić information content (AvgIpc) is 2.82. The smallest absolute Gasteiger partial charge is 0.136 e. The van der Waals surface area contributed by atoms with Crippen LogP contribution in [0.3, 0.4) is 0 Å². The highest BCUT2D eigenvalue weighted by atomic mass is 32.1. The molecule has 1 aromatic heterocycles. The van der Waals surface area contributed by atoms with Crippen LogP contribution in [0.4, 0.5) is 5.82 Å². The number of rotatable bonds is 5. The largest absolute Gasteiger partial charge is 0.389 e. The summed E-state index contributed by atoms with van der Waals surface area (Å²) in [6.07, 6.45) is 4.39. The Labute approximate surface area is 107 Å². The summed E-state index contributed by atoms with van der Waals surface area (Å²) in [6.45, 7) is 4.36. The van der Waals surface area contributed by atoms with Gasteiger partial charge in [-0.2, -0.15) is 0 Å². The van der Waals surface area contributed by atoms with Gasteiger partial charge in [0.25, 0.3) is 0 Å². The van der Waals surface area contributed by atoms with E-state index in [1.165, 1.54) is 25.9 Å². The van der Waals surface area contributed by atoms with Gasteiger partial charge in [-0.15, -0.1) is 0 Å². The summed E-state index contributed by atoms with van der Waals surface area (Å²) in [4.78, 5) is 7.11. The first kappa shape index (κ1) is 12.3. The minimum atomic E-state index is 0.391. The number of pyridine rings is 1. The van der Waals surface area contributed by atoms with E-state index in [2.05, 4.69) is 15.2 Å². The Morgan fingerprint density at radius 3 is 2.94 bits per heavy atom. The molecule has 0 aromatic carbocycles. The van der Waals surface area contributed by atoms with E-state index in [0.717, 1.165) is 24.5 Å². The summed E-state index contributed by atoms with van der Waals surface area (Å²) < 4.78 is 0. The first-order valence-electron chi connectivity index (χ1n) is 5.98. The fourth-order valence-electron chi connectivity index (χ4n) is 2.08.